The molecule has 8 nitrogen and oxygen atoms in total. The molecule has 2 N–H and O–H groups in total. The molecule has 0 aromatic carbocycles. The van der Waals surface area contributed by atoms with Crippen molar-refractivity contribution in [3.05, 3.63) is 39.7 Å². The van der Waals surface area contributed by atoms with Gasteiger partial charge in [-0.2, -0.15) is 4.98 Å². The monoisotopic (exact) mass is 305 g/mol. The van der Waals surface area contributed by atoms with Crippen molar-refractivity contribution in [3.8, 4) is 0 Å². The Kier molecular flexibility index (Phi) is 4.69. The van der Waals surface area contributed by atoms with Gasteiger partial charge in [-0.15, -0.1) is 0 Å². The first-order valence-corrected chi connectivity index (χ1v) is 7.06. The van der Waals surface area contributed by atoms with E-state index in [-0.39, 0.29) is 5.56 Å². The number of nitrogens with zero attached hydrogens (tertiary/aromatic N) is 3. The molecular weight excluding hydrogens is 286 g/mol. The van der Waals surface area contributed by atoms with E-state index in [1.165, 1.54) is 6.20 Å². The fourth-order valence-corrected chi connectivity index (χ4v) is 1.87. The van der Waals surface area contributed by atoms with Crippen LogP contribution in [0, 0.1) is 12.8 Å². The molecule has 22 heavy (non-hydrogen) atoms. The number of aryl methyl sites for hydroxylation is 1. The maximum Gasteiger partial charge on any atom is 0.263 e. The molecule has 0 unspecified atom stereocenters. The van der Waals surface area contributed by atoms with Crippen LogP contribution in [0.3, 0.4) is 0 Å². The van der Waals surface area contributed by atoms with Gasteiger partial charge in [-0.3, -0.25) is 9.59 Å². The van der Waals surface area contributed by atoms with Gasteiger partial charge in [0.2, 0.25) is 5.89 Å². The third kappa shape index (κ3) is 3.78. The van der Waals surface area contributed by atoms with Gasteiger partial charge < -0.3 is 14.8 Å². The third-order valence-electron chi connectivity index (χ3n) is 2.96. The van der Waals surface area contributed by atoms with Gasteiger partial charge in [-0.1, -0.05) is 19.0 Å². The van der Waals surface area contributed by atoms with Gasteiger partial charge >= 0.3 is 0 Å². The highest BCUT2D eigenvalue weighted by atomic mass is 16.5. The molecule has 118 valence electrons. The number of hydrogen-bond acceptors (Lipinski definition) is 6. The molecule has 0 aliphatic heterocycles. The number of amides is 1. The summed E-state index contributed by atoms with van der Waals surface area (Å²) >= 11 is 0. The molecule has 8 heteroatoms. The van der Waals surface area contributed by atoms with Gasteiger partial charge in [0.05, 0.1) is 0 Å². The Morgan fingerprint density at radius 2 is 2.14 bits per heavy atom. The number of aromatic nitrogens is 4. The summed E-state index contributed by atoms with van der Waals surface area (Å²) in [5, 5.41) is 6.51. The van der Waals surface area contributed by atoms with E-state index >= 15 is 0 Å². The lowest BCUT2D eigenvalue weighted by Crippen LogP contribution is -2.32. The number of hydrogen-bond donors (Lipinski definition) is 2. The molecule has 2 rings (SSSR count). The number of carbonyl (C=O) groups is 1. The van der Waals surface area contributed by atoms with Crippen LogP contribution >= 0.6 is 0 Å². The molecule has 1 atom stereocenters. The maximum absolute atomic E-state index is 12.1. The summed E-state index contributed by atoms with van der Waals surface area (Å²) in [5.74, 6) is 1.23. The molecule has 0 aliphatic carbocycles. The summed E-state index contributed by atoms with van der Waals surface area (Å²) in [6, 6.07) is -0.499. The normalized spacial score (nSPS) is 12.4. The molecule has 0 spiro atoms. The molecule has 0 fully saturated rings. The first-order chi connectivity index (χ1) is 10.4. The molecule has 0 radical (unpaired) electrons. The van der Waals surface area contributed by atoms with Crippen LogP contribution in [0.2, 0.25) is 0 Å². The van der Waals surface area contributed by atoms with Crippen molar-refractivity contribution < 1.29 is 9.32 Å². The number of carbonyl (C=O) groups excluding carboxylic acids is 1. The zero-order valence-corrected chi connectivity index (χ0v) is 13.0. The van der Waals surface area contributed by atoms with Crippen LogP contribution in [0.25, 0.3) is 0 Å². The average Bonchev–Trinajstić information content (AvgIpc) is 2.86. The van der Waals surface area contributed by atoms with Crippen LogP contribution in [0.4, 0.5) is 0 Å². The first-order valence-electron chi connectivity index (χ1n) is 7.06. The zero-order valence-electron chi connectivity index (χ0n) is 13.0. The minimum Gasteiger partial charge on any atom is -0.340 e. The second-order valence-electron chi connectivity index (χ2n) is 5.55. The van der Waals surface area contributed by atoms with Crippen molar-refractivity contribution >= 4 is 5.91 Å². The Labute approximate surface area is 127 Å². The van der Waals surface area contributed by atoms with E-state index in [1.54, 1.807) is 13.8 Å². The van der Waals surface area contributed by atoms with Crippen molar-refractivity contribution in [1.29, 1.82) is 0 Å². The Bertz CT molecular complexity index is 719. The van der Waals surface area contributed by atoms with Crippen LogP contribution in [0.15, 0.2) is 15.5 Å². The standard InChI is InChI=1S/C14H19N5O3/c1-7(2)5-11-18-14(22-19-11)8(3)16-12(20)10-6-15-9(4)17-13(10)21/h6-8H,5H2,1-4H3,(H,16,20)(H,15,17,21)/t8-/m0/s1. The average molecular weight is 305 g/mol. The summed E-state index contributed by atoms with van der Waals surface area (Å²) in [4.78, 5) is 34.4. The van der Waals surface area contributed by atoms with Crippen LogP contribution in [0.1, 0.15) is 54.7 Å². The molecule has 2 aromatic rings. The van der Waals surface area contributed by atoms with Gasteiger partial charge in [0.1, 0.15) is 17.4 Å². The van der Waals surface area contributed by atoms with Crippen molar-refractivity contribution in [2.75, 3.05) is 0 Å². The second-order valence-corrected chi connectivity index (χ2v) is 5.55. The van der Waals surface area contributed by atoms with Gasteiger partial charge in [0.25, 0.3) is 11.5 Å². The fraction of sp³-hybridized carbons (Fsp3) is 0.500. The molecule has 0 saturated heterocycles. The van der Waals surface area contributed by atoms with E-state index in [1.807, 2.05) is 0 Å². The lowest BCUT2D eigenvalue weighted by molar-refractivity contribution is 0.0930. The molecule has 2 aromatic heterocycles. The summed E-state index contributed by atoms with van der Waals surface area (Å²) in [6.45, 7) is 7.45. The summed E-state index contributed by atoms with van der Waals surface area (Å²) < 4.78 is 5.14. The Balaban J connectivity index is 2.07. The van der Waals surface area contributed by atoms with Gasteiger partial charge in [-0.25, -0.2) is 4.98 Å². The zero-order chi connectivity index (χ0) is 16.3. The fourth-order valence-electron chi connectivity index (χ4n) is 1.87. The molecule has 0 aliphatic rings. The van der Waals surface area contributed by atoms with E-state index < -0.39 is 17.5 Å². The molecule has 1 amide bonds. The van der Waals surface area contributed by atoms with Gasteiger partial charge in [0.15, 0.2) is 5.82 Å². The Hall–Kier alpha value is -2.51. The van der Waals surface area contributed by atoms with Crippen LogP contribution in [0.5, 0.6) is 0 Å². The largest absolute Gasteiger partial charge is 0.340 e. The van der Waals surface area contributed by atoms with Gasteiger partial charge in [-0.05, 0) is 19.8 Å². The van der Waals surface area contributed by atoms with Crippen molar-refractivity contribution in [1.82, 2.24) is 25.4 Å². The SMILES string of the molecule is Cc1ncc(C(=O)N[C@@H](C)c2nc(CC(C)C)no2)c(=O)[nH]1. The van der Waals surface area contributed by atoms with E-state index in [2.05, 4.69) is 39.3 Å². The van der Waals surface area contributed by atoms with Gasteiger partial charge in [0, 0.05) is 12.6 Å². The van der Waals surface area contributed by atoms with Crippen LogP contribution < -0.4 is 10.9 Å². The number of nitrogens with one attached hydrogen (secondary N) is 2. The van der Waals surface area contributed by atoms with E-state index in [4.69, 9.17) is 4.52 Å². The minimum atomic E-state index is -0.537. The summed E-state index contributed by atoms with van der Waals surface area (Å²) in [6.07, 6.45) is 1.94. The highest BCUT2D eigenvalue weighted by molar-refractivity contribution is 5.93. The predicted octanol–water partition coefficient (Wildman–Crippen LogP) is 1.15. The lowest BCUT2D eigenvalue weighted by atomic mass is 10.1. The lowest BCUT2D eigenvalue weighted by Gasteiger charge is -2.09. The summed E-state index contributed by atoms with van der Waals surface area (Å²) in [7, 11) is 0. The van der Waals surface area contributed by atoms with Crippen molar-refractivity contribution in [2.24, 2.45) is 5.92 Å². The third-order valence-corrected chi connectivity index (χ3v) is 2.96. The second kappa shape index (κ2) is 6.50. The Morgan fingerprint density at radius 1 is 1.41 bits per heavy atom. The number of aromatic amines is 1. The molecular formula is C14H19N5O3. The van der Waals surface area contributed by atoms with E-state index in [0.29, 0.717) is 29.9 Å². The molecule has 0 saturated carbocycles. The summed E-state index contributed by atoms with van der Waals surface area (Å²) in [5.41, 5.74) is -0.539. The van der Waals surface area contributed by atoms with E-state index in [9.17, 15) is 9.59 Å². The highest BCUT2D eigenvalue weighted by Crippen LogP contribution is 2.12. The number of rotatable bonds is 5. The highest BCUT2D eigenvalue weighted by Gasteiger charge is 2.19. The maximum atomic E-state index is 12.1. The smallest absolute Gasteiger partial charge is 0.263 e. The predicted molar refractivity (Wildman–Crippen MR) is 78.3 cm³/mol. The number of H-pyrrole nitrogens is 1. The quantitative estimate of drug-likeness (QED) is 0.856. The Morgan fingerprint density at radius 3 is 2.77 bits per heavy atom. The first kappa shape index (κ1) is 15.9. The molecule has 2 heterocycles. The molecule has 0 bridgehead atoms. The van der Waals surface area contributed by atoms with E-state index in [0.717, 1.165) is 0 Å². The van der Waals surface area contributed by atoms with Crippen molar-refractivity contribution in [2.45, 2.75) is 40.2 Å². The van der Waals surface area contributed by atoms with Crippen LogP contribution in [-0.4, -0.2) is 26.0 Å². The topological polar surface area (TPSA) is 114 Å². The van der Waals surface area contributed by atoms with Crippen molar-refractivity contribution in [3.63, 3.8) is 0 Å². The minimum absolute atomic E-state index is 0.0561. The van der Waals surface area contributed by atoms with Crippen LogP contribution in [-0.2, 0) is 6.42 Å².